The number of piperazine rings is 1. The Balaban J connectivity index is 1.85. The molecule has 1 fully saturated rings. The van der Waals surface area contributed by atoms with Crippen molar-refractivity contribution in [2.75, 3.05) is 36.8 Å². The molecule has 0 spiro atoms. The molecule has 3 rings (SSSR count). The van der Waals surface area contributed by atoms with Crippen LogP contribution in [0.4, 0.5) is 5.69 Å². The van der Waals surface area contributed by atoms with E-state index in [1.165, 1.54) is 0 Å². The molecule has 0 saturated carbocycles. The largest absolute Gasteiger partial charge is 0.361 e. The minimum atomic E-state index is -3.25. The third-order valence-electron chi connectivity index (χ3n) is 5.40. The molecule has 0 radical (unpaired) electrons. The summed E-state index contributed by atoms with van der Waals surface area (Å²) in [6.07, 6.45) is 0. The van der Waals surface area contributed by atoms with Crippen molar-refractivity contribution in [3.8, 4) is 6.07 Å². The second kappa shape index (κ2) is 10.2. The maximum atomic E-state index is 11.9. The van der Waals surface area contributed by atoms with Gasteiger partial charge >= 0.3 is 0 Å². The van der Waals surface area contributed by atoms with E-state index in [0.717, 1.165) is 17.8 Å². The fraction of sp³-hybridized carbons (Fsp3) is 0.409. The lowest BCUT2D eigenvalue weighted by Crippen LogP contribution is -2.52. The molecule has 1 saturated heterocycles. The number of benzene rings is 2. The molecule has 6 nitrogen and oxygen atoms in total. The first-order chi connectivity index (χ1) is 14.7. The third kappa shape index (κ3) is 6.12. The van der Waals surface area contributed by atoms with E-state index in [0.29, 0.717) is 35.2 Å². The van der Waals surface area contributed by atoms with Gasteiger partial charge in [-0.15, -0.1) is 0 Å². The van der Waals surface area contributed by atoms with Gasteiger partial charge in [0.2, 0.25) is 10.0 Å². The Labute approximate surface area is 194 Å². The van der Waals surface area contributed by atoms with Crippen LogP contribution < -0.4 is 9.62 Å². The predicted octanol–water partition coefficient (Wildman–Crippen LogP) is 4.06. The SMILES string of the molecule is CCS(=O)(=O)N[C@@H](C)CN1CCN(c2ccc(C#N)cc2Cl)[C@H](c2ccc(Cl)cc2)C1. The van der Waals surface area contributed by atoms with Gasteiger partial charge < -0.3 is 4.90 Å². The monoisotopic (exact) mass is 480 g/mol. The van der Waals surface area contributed by atoms with Crippen LogP contribution in [0.5, 0.6) is 0 Å². The normalized spacial score (nSPS) is 18.5. The van der Waals surface area contributed by atoms with E-state index < -0.39 is 10.0 Å². The number of rotatable bonds is 7. The van der Waals surface area contributed by atoms with Crippen molar-refractivity contribution in [1.29, 1.82) is 5.26 Å². The average Bonchev–Trinajstić information content (AvgIpc) is 2.74. The minimum Gasteiger partial charge on any atom is -0.361 e. The van der Waals surface area contributed by atoms with Crippen LogP contribution in [0.2, 0.25) is 10.0 Å². The molecule has 9 heteroatoms. The lowest BCUT2D eigenvalue weighted by atomic mass is 10.0. The van der Waals surface area contributed by atoms with Crippen LogP contribution in [0.1, 0.15) is 31.0 Å². The predicted molar refractivity (Wildman–Crippen MR) is 126 cm³/mol. The van der Waals surface area contributed by atoms with Gasteiger partial charge in [0, 0.05) is 37.2 Å². The molecule has 31 heavy (non-hydrogen) atoms. The zero-order valence-electron chi connectivity index (χ0n) is 17.6. The van der Waals surface area contributed by atoms with Crippen molar-refractivity contribution in [1.82, 2.24) is 9.62 Å². The van der Waals surface area contributed by atoms with Crippen LogP contribution in [0.25, 0.3) is 0 Å². The molecule has 1 heterocycles. The number of anilines is 1. The fourth-order valence-corrected chi connectivity index (χ4v) is 5.16. The first-order valence-electron chi connectivity index (χ1n) is 10.2. The summed E-state index contributed by atoms with van der Waals surface area (Å²) in [6, 6.07) is 15.0. The highest BCUT2D eigenvalue weighted by molar-refractivity contribution is 7.89. The van der Waals surface area contributed by atoms with Gasteiger partial charge in [0.15, 0.2) is 0 Å². The highest BCUT2D eigenvalue weighted by atomic mass is 35.5. The van der Waals surface area contributed by atoms with Gasteiger partial charge in [-0.1, -0.05) is 35.3 Å². The van der Waals surface area contributed by atoms with Crippen LogP contribution in [0.3, 0.4) is 0 Å². The van der Waals surface area contributed by atoms with Gasteiger partial charge in [-0.05, 0) is 49.7 Å². The van der Waals surface area contributed by atoms with Gasteiger partial charge in [-0.25, -0.2) is 13.1 Å². The Hall–Kier alpha value is -1.82. The fourth-order valence-electron chi connectivity index (χ4n) is 3.89. The van der Waals surface area contributed by atoms with E-state index in [2.05, 4.69) is 20.6 Å². The number of hydrogen-bond acceptors (Lipinski definition) is 5. The van der Waals surface area contributed by atoms with E-state index in [4.69, 9.17) is 28.5 Å². The van der Waals surface area contributed by atoms with E-state index in [9.17, 15) is 8.42 Å². The van der Waals surface area contributed by atoms with Crippen molar-refractivity contribution in [2.45, 2.75) is 25.9 Å². The first kappa shape index (κ1) is 23.8. The number of nitriles is 1. The molecule has 166 valence electrons. The number of halogens is 2. The minimum absolute atomic E-state index is 0.00596. The molecule has 0 unspecified atom stereocenters. The highest BCUT2D eigenvalue weighted by Crippen LogP contribution is 2.36. The molecule has 0 aliphatic carbocycles. The molecular formula is C22H26Cl2N4O2S. The summed E-state index contributed by atoms with van der Waals surface area (Å²) in [4.78, 5) is 4.50. The van der Waals surface area contributed by atoms with Crippen molar-refractivity contribution >= 4 is 38.9 Å². The maximum Gasteiger partial charge on any atom is 0.211 e. The molecule has 0 aromatic heterocycles. The van der Waals surface area contributed by atoms with E-state index in [1.807, 2.05) is 37.3 Å². The molecule has 2 aromatic carbocycles. The van der Waals surface area contributed by atoms with Crippen molar-refractivity contribution in [3.05, 3.63) is 63.6 Å². The third-order valence-corrected chi connectivity index (χ3v) is 7.47. The first-order valence-corrected chi connectivity index (χ1v) is 12.6. The number of hydrogen-bond donors (Lipinski definition) is 1. The van der Waals surface area contributed by atoms with Gasteiger partial charge in [0.25, 0.3) is 0 Å². The van der Waals surface area contributed by atoms with Crippen LogP contribution in [0.15, 0.2) is 42.5 Å². The Morgan fingerprint density at radius 3 is 2.52 bits per heavy atom. The van der Waals surface area contributed by atoms with Gasteiger partial charge in [0.05, 0.1) is 34.1 Å². The van der Waals surface area contributed by atoms with E-state index in [-0.39, 0.29) is 17.8 Å². The van der Waals surface area contributed by atoms with Crippen LogP contribution >= 0.6 is 23.2 Å². The lowest BCUT2D eigenvalue weighted by molar-refractivity contribution is 0.211. The second-order valence-corrected chi connectivity index (χ2v) is 10.6. The van der Waals surface area contributed by atoms with Gasteiger partial charge in [0.1, 0.15) is 0 Å². The summed E-state index contributed by atoms with van der Waals surface area (Å²) in [5, 5.41) is 10.4. The van der Waals surface area contributed by atoms with Crippen LogP contribution in [-0.2, 0) is 10.0 Å². The molecule has 2 aromatic rings. The molecule has 0 amide bonds. The second-order valence-electron chi connectivity index (χ2n) is 7.72. The summed E-state index contributed by atoms with van der Waals surface area (Å²) in [7, 11) is -3.25. The summed E-state index contributed by atoms with van der Waals surface area (Å²) >= 11 is 12.6. The number of nitrogens with zero attached hydrogens (tertiary/aromatic N) is 3. The highest BCUT2D eigenvalue weighted by Gasteiger charge is 2.30. The Bertz CT molecular complexity index is 1050. The van der Waals surface area contributed by atoms with Crippen molar-refractivity contribution in [2.24, 2.45) is 0 Å². The zero-order valence-corrected chi connectivity index (χ0v) is 19.9. The standard InChI is InChI=1S/C22H26Cl2N4O2S/c1-3-31(29,30)26-16(2)14-27-10-11-28(21-9-4-17(13-25)12-20(21)24)22(15-27)18-5-7-19(23)8-6-18/h4-9,12,16,22,26H,3,10-11,14-15H2,1-2H3/t16-,22-/m0/s1. The topological polar surface area (TPSA) is 76.4 Å². The van der Waals surface area contributed by atoms with Crippen molar-refractivity contribution in [3.63, 3.8) is 0 Å². The van der Waals surface area contributed by atoms with Crippen LogP contribution in [0, 0.1) is 11.3 Å². The number of sulfonamides is 1. The van der Waals surface area contributed by atoms with E-state index >= 15 is 0 Å². The smallest absolute Gasteiger partial charge is 0.211 e. The summed E-state index contributed by atoms with van der Waals surface area (Å²) in [5.41, 5.74) is 2.49. The molecule has 2 atom stereocenters. The summed E-state index contributed by atoms with van der Waals surface area (Å²) < 4.78 is 26.5. The lowest BCUT2D eigenvalue weighted by Gasteiger charge is -2.44. The quantitative estimate of drug-likeness (QED) is 0.646. The Morgan fingerprint density at radius 2 is 1.90 bits per heavy atom. The molecule has 0 bridgehead atoms. The maximum absolute atomic E-state index is 11.9. The van der Waals surface area contributed by atoms with Crippen LogP contribution in [-0.4, -0.2) is 51.3 Å². The summed E-state index contributed by atoms with van der Waals surface area (Å²) in [5.74, 6) is 0.0652. The van der Waals surface area contributed by atoms with Gasteiger partial charge in [-0.2, -0.15) is 5.26 Å². The van der Waals surface area contributed by atoms with E-state index in [1.54, 1.807) is 19.1 Å². The summed E-state index contributed by atoms with van der Waals surface area (Å²) in [6.45, 7) is 6.30. The molecule has 1 aliphatic heterocycles. The van der Waals surface area contributed by atoms with Crippen molar-refractivity contribution < 1.29 is 8.42 Å². The molecule has 1 N–H and O–H groups in total. The Kier molecular flexibility index (Phi) is 7.84. The van der Waals surface area contributed by atoms with Gasteiger partial charge in [-0.3, -0.25) is 4.90 Å². The number of nitrogens with one attached hydrogen (secondary N) is 1. The molecular weight excluding hydrogens is 455 g/mol. The zero-order chi connectivity index (χ0) is 22.6. The average molecular weight is 481 g/mol. The Morgan fingerprint density at radius 1 is 1.19 bits per heavy atom. The molecule has 1 aliphatic rings.